The van der Waals surface area contributed by atoms with Crippen LogP contribution in [-0.4, -0.2) is 49.8 Å². The molecule has 0 bridgehead atoms. The molecule has 0 unspecified atom stereocenters. The van der Waals surface area contributed by atoms with Crippen LogP contribution in [0.5, 0.6) is 0 Å². The number of ether oxygens (including phenoxy) is 1. The Kier molecular flexibility index (Phi) is 4.94. The Labute approximate surface area is 121 Å². The standard InChI is InChI=1S/C13H21N3O5/c1-2-3-4-7-5-16(13(20)15-11(7)14)12-10(19)9(18)8(6-17)21-12/h5,8-10,12,17-19H,2-4,6H2,1H3,(H2,14,15,20)/t8-,9-,10-,12-/m1/s1. The molecule has 0 amide bonds. The minimum atomic E-state index is -1.32. The molecule has 2 rings (SSSR count). The van der Waals surface area contributed by atoms with E-state index in [-0.39, 0.29) is 5.82 Å². The maximum atomic E-state index is 11.9. The molecule has 4 atom stereocenters. The summed E-state index contributed by atoms with van der Waals surface area (Å²) >= 11 is 0. The third-order valence-electron chi connectivity index (χ3n) is 3.65. The van der Waals surface area contributed by atoms with Gasteiger partial charge in [-0.05, 0) is 12.8 Å². The van der Waals surface area contributed by atoms with Gasteiger partial charge in [0.1, 0.15) is 24.1 Å². The van der Waals surface area contributed by atoms with Gasteiger partial charge in [-0.3, -0.25) is 4.57 Å². The van der Waals surface area contributed by atoms with Gasteiger partial charge in [-0.1, -0.05) is 13.3 Å². The van der Waals surface area contributed by atoms with Crippen molar-refractivity contribution < 1.29 is 20.1 Å². The molecule has 1 aromatic heterocycles. The summed E-state index contributed by atoms with van der Waals surface area (Å²) in [6, 6.07) is 0. The zero-order valence-corrected chi connectivity index (χ0v) is 11.8. The maximum Gasteiger partial charge on any atom is 0.351 e. The van der Waals surface area contributed by atoms with Crippen molar-refractivity contribution >= 4 is 5.82 Å². The number of nitrogens with zero attached hydrogens (tertiary/aromatic N) is 2. The fraction of sp³-hybridized carbons (Fsp3) is 0.692. The number of aromatic nitrogens is 2. The van der Waals surface area contributed by atoms with Gasteiger partial charge in [0.15, 0.2) is 6.23 Å². The Bertz CT molecular complexity index is 547. The lowest BCUT2D eigenvalue weighted by Gasteiger charge is -2.18. The summed E-state index contributed by atoms with van der Waals surface area (Å²) in [7, 11) is 0. The molecule has 0 spiro atoms. The van der Waals surface area contributed by atoms with E-state index < -0.39 is 36.8 Å². The second kappa shape index (κ2) is 6.52. The second-order valence-corrected chi connectivity index (χ2v) is 5.17. The van der Waals surface area contributed by atoms with E-state index in [4.69, 9.17) is 15.6 Å². The first-order valence-corrected chi connectivity index (χ1v) is 6.99. The third kappa shape index (κ3) is 3.08. The Balaban J connectivity index is 2.33. The van der Waals surface area contributed by atoms with E-state index in [1.54, 1.807) is 0 Å². The molecule has 0 aromatic carbocycles. The number of nitrogens with two attached hydrogens (primary N) is 1. The van der Waals surface area contributed by atoms with Crippen LogP contribution in [0, 0.1) is 0 Å². The van der Waals surface area contributed by atoms with Gasteiger partial charge in [-0.25, -0.2) is 4.79 Å². The number of aryl methyl sites for hydroxylation is 1. The number of hydrogen-bond donors (Lipinski definition) is 4. The lowest BCUT2D eigenvalue weighted by molar-refractivity contribution is -0.0550. The summed E-state index contributed by atoms with van der Waals surface area (Å²) in [4.78, 5) is 15.7. The van der Waals surface area contributed by atoms with E-state index >= 15 is 0 Å². The number of anilines is 1. The summed E-state index contributed by atoms with van der Waals surface area (Å²) in [5.41, 5.74) is 5.75. The average molecular weight is 299 g/mol. The van der Waals surface area contributed by atoms with E-state index in [2.05, 4.69) is 4.98 Å². The van der Waals surface area contributed by atoms with Crippen LogP contribution in [0.4, 0.5) is 5.82 Å². The van der Waals surface area contributed by atoms with Crippen LogP contribution in [0.25, 0.3) is 0 Å². The number of rotatable bonds is 5. The van der Waals surface area contributed by atoms with Crippen molar-refractivity contribution in [1.29, 1.82) is 0 Å². The van der Waals surface area contributed by atoms with E-state index in [1.165, 1.54) is 6.20 Å². The molecular formula is C13H21N3O5. The van der Waals surface area contributed by atoms with E-state index in [9.17, 15) is 15.0 Å². The van der Waals surface area contributed by atoms with E-state index in [0.717, 1.165) is 17.4 Å². The van der Waals surface area contributed by atoms with Crippen molar-refractivity contribution in [3.8, 4) is 0 Å². The van der Waals surface area contributed by atoms with Gasteiger partial charge in [-0.15, -0.1) is 0 Å². The molecule has 0 radical (unpaired) electrons. The summed E-state index contributed by atoms with van der Waals surface area (Å²) in [5.74, 6) is 0.163. The largest absolute Gasteiger partial charge is 0.394 e. The molecule has 2 heterocycles. The molecule has 1 fully saturated rings. The molecule has 1 saturated heterocycles. The van der Waals surface area contributed by atoms with Crippen molar-refractivity contribution in [2.24, 2.45) is 0 Å². The monoisotopic (exact) mass is 299 g/mol. The van der Waals surface area contributed by atoms with Crippen LogP contribution in [0.1, 0.15) is 31.6 Å². The summed E-state index contributed by atoms with van der Waals surface area (Å²) in [5, 5.41) is 28.8. The van der Waals surface area contributed by atoms with Crippen LogP contribution in [0.3, 0.4) is 0 Å². The summed E-state index contributed by atoms with van der Waals surface area (Å²) in [6.45, 7) is 1.58. The average Bonchev–Trinajstić information content (AvgIpc) is 2.74. The van der Waals surface area contributed by atoms with Crippen LogP contribution >= 0.6 is 0 Å². The van der Waals surface area contributed by atoms with Gasteiger partial charge in [0.2, 0.25) is 0 Å². The van der Waals surface area contributed by atoms with Crippen molar-refractivity contribution in [1.82, 2.24) is 9.55 Å². The predicted octanol–water partition coefficient (Wildman–Crippen LogP) is -1.22. The molecule has 8 heteroatoms. The zero-order valence-electron chi connectivity index (χ0n) is 11.8. The fourth-order valence-corrected chi connectivity index (χ4v) is 2.37. The first-order chi connectivity index (χ1) is 9.99. The highest BCUT2D eigenvalue weighted by Gasteiger charge is 2.43. The molecule has 5 N–H and O–H groups in total. The molecule has 1 aliphatic heterocycles. The van der Waals surface area contributed by atoms with Crippen molar-refractivity contribution in [2.75, 3.05) is 12.3 Å². The quantitative estimate of drug-likeness (QED) is 0.536. The van der Waals surface area contributed by atoms with E-state index in [0.29, 0.717) is 12.0 Å². The van der Waals surface area contributed by atoms with Crippen LogP contribution < -0.4 is 11.4 Å². The van der Waals surface area contributed by atoms with Crippen molar-refractivity contribution in [3.05, 3.63) is 22.2 Å². The summed E-state index contributed by atoms with van der Waals surface area (Å²) < 4.78 is 6.45. The number of aliphatic hydroxyl groups is 3. The number of aliphatic hydroxyl groups excluding tert-OH is 3. The Morgan fingerprint density at radius 1 is 1.43 bits per heavy atom. The number of hydrogen-bond acceptors (Lipinski definition) is 7. The first-order valence-electron chi connectivity index (χ1n) is 6.99. The van der Waals surface area contributed by atoms with Crippen molar-refractivity contribution in [2.45, 2.75) is 50.7 Å². The third-order valence-corrected chi connectivity index (χ3v) is 3.65. The highest BCUT2D eigenvalue weighted by Crippen LogP contribution is 2.28. The van der Waals surface area contributed by atoms with E-state index in [1.807, 2.05) is 6.92 Å². The minimum absolute atomic E-state index is 0.163. The van der Waals surface area contributed by atoms with Gasteiger partial charge in [0.25, 0.3) is 0 Å². The highest BCUT2D eigenvalue weighted by atomic mass is 16.6. The Morgan fingerprint density at radius 2 is 2.14 bits per heavy atom. The molecule has 1 aliphatic rings. The minimum Gasteiger partial charge on any atom is -0.394 e. The van der Waals surface area contributed by atoms with Gasteiger partial charge in [0.05, 0.1) is 6.61 Å². The second-order valence-electron chi connectivity index (χ2n) is 5.17. The zero-order chi connectivity index (χ0) is 15.6. The van der Waals surface area contributed by atoms with Gasteiger partial charge >= 0.3 is 5.69 Å². The van der Waals surface area contributed by atoms with Crippen LogP contribution in [0.2, 0.25) is 0 Å². The van der Waals surface area contributed by atoms with Crippen LogP contribution in [0.15, 0.2) is 11.0 Å². The SMILES string of the molecule is CCCCc1cn([C@@H]2O[C@H](CO)[C@@H](O)[C@H]2O)c(=O)nc1N. The fourth-order valence-electron chi connectivity index (χ4n) is 2.37. The molecule has 0 aliphatic carbocycles. The number of unbranched alkanes of at least 4 members (excludes halogenated alkanes) is 1. The Hall–Kier alpha value is -1.48. The normalized spacial score (nSPS) is 29.0. The lowest BCUT2D eigenvalue weighted by Crippen LogP contribution is -2.36. The van der Waals surface area contributed by atoms with Gasteiger partial charge in [0, 0.05) is 11.8 Å². The molecule has 8 nitrogen and oxygen atoms in total. The maximum absolute atomic E-state index is 11.9. The molecule has 21 heavy (non-hydrogen) atoms. The van der Waals surface area contributed by atoms with Crippen molar-refractivity contribution in [3.63, 3.8) is 0 Å². The Morgan fingerprint density at radius 3 is 2.71 bits per heavy atom. The molecule has 0 saturated carbocycles. The van der Waals surface area contributed by atoms with Crippen LogP contribution in [-0.2, 0) is 11.2 Å². The van der Waals surface area contributed by atoms with Gasteiger partial charge in [-0.2, -0.15) is 4.98 Å². The predicted molar refractivity (Wildman–Crippen MR) is 74.5 cm³/mol. The molecule has 1 aromatic rings. The highest BCUT2D eigenvalue weighted by molar-refractivity contribution is 5.36. The molecular weight excluding hydrogens is 278 g/mol. The smallest absolute Gasteiger partial charge is 0.351 e. The first kappa shape index (κ1) is 15.9. The topological polar surface area (TPSA) is 131 Å². The lowest BCUT2D eigenvalue weighted by atomic mass is 10.1. The molecule has 118 valence electrons. The van der Waals surface area contributed by atoms with Gasteiger partial charge < -0.3 is 25.8 Å². The number of nitrogen functional groups attached to an aromatic ring is 1. The summed E-state index contributed by atoms with van der Waals surface area (Å²) in [6.07, 6.45) is -0.586.